The van der Waals surface area contributed by atoms with E-state index in [4.69, 9.17) is 31.2 Å². The van der Waals surface area contributed by atoms with Crippen LogP contribution in [0.15, 0.2) is 169 Å². The van der Waals surface area contributed by atoms with Crippen molar-refractivity contribution in [2.75, 3.05) is 34.9 Å². The Kier molecular flexibility index (Phi) is 14.5. The number of carbonyl (C=O) groups is 1. The van der Waals surface area contributed by atoms with Crippen LogP contribution in [0.25, 0.3) is 0 Å². The zero-order valence-corrected chi connectivity index (χ0v) is 37.1. The van der Waals surface area contributed by atoms with Gasteiger partial charge in [0.15, 0.2) is 5.11 Å². The van der Waals surface area contributed by atoms with E-state index >= 15 is 0 Å². The number of carbonyl (C=O) groups excluding carboxylic acids is 1. The number of nitrogens with one attached hydrogen (secondary N) is 2. The SMILES string of the molecule is COc1ccc(P(=NC[C@@H](NC(=S)N[C@@H](C(=O)N(C)C(c2ccccc2)c2ccccc2)C(C)(C)C)c2ccccc2)(c2ccc(OC)cc2)c2ccc(OC)cc2)cc1. The zero-order valence-electron chi connectivity index (χ0n) is 35.4. The number of likely N-dealkylation sites (N-methyl/N-ethyl adjacent to an activating group) is 1. The minimum atomic E-state index is -2.72. The highest BCUT2D eigenvalue weighted by molar-refractivity contribution is 7.87. The minimum absolute atomic E-state index is 0.0752. The number of hydrogen-bond donors (Lipinski definition) is 2. The fourth-order valence-electron chi connectivity index (χ4n) is 7.43. The van der Waals surface area contributed by atoms with Gasteiger partial charge in [0.2, 0.25) is 5.91 Å². The van der Waals surface area contributed by atoms with E-state index in [0.717, 1.165) is 49.9 Å². The molecule has 0 saturated heterocycles. The van der Waals surface area contributed by atoms with E-state index in [9.17, 15) is 4.79 Å². The highest BCUT2D eigenvalue weighted by Gasteiger charge is 2.37. The van der Waals surface area contributed by atoms with Crippen LogP contribution < -0.4 is 40.8 Å². The van der Waals surface area contributed by atoms with Crippen LogP contribution in [0.4, 0.5) is 0 Å². The lowest BCUT2D eigenvalue weighted by atomic mass is 9.85. The summed E-state index contributed by atoms with van der Waals surface area (Å²) in [7, 11) is 4.16. The van der Waals surface area contributed by atoms with E-state index in [0.29, 0.717) is 11.7 Å². The van der Waals surface area contributed by atoms with Crippen molar-refractivity contribution in [3.63, 3.8) is 0 Å². The summed E-state index contributed by atoms with van der Waals surface area (Å²) in [6, 6.07) is 53.7. The molecule has 2 atom stereocenters. The van der Waals surface area contributed by atoms with Crippen LogP contribution in [0.2, 0.25) is 0 Å². The molecule has 60 heavy (non-hydrogen) atoms. The van der Waals surface area contributed by atoms with Crippen LogP contribution >= 0.6 is 19.3 Å². The lowest BCUT2D eigenvalue weighted by Gasteiger charge is -2.38. The molecule has 0 fully saturated rings. The van der Waals surface area contributed by atoms with Gasteiger partial charge in [0, 0.05) is 23.0 Å². The number of hydrogen-bond acceptors (Lipinski definition) is 6. The molecule has 310 valence electrons. The fourth-order valence-corrected chi connectivity index (χ4v) is 11.2. The van der Waals surface area contributed by atoms with Crippen molar-refractivity contribution in [2.45, 2.75) is 38.9 Å². The monoisotopic (exact) mass is 838 g/mol. The van der Waals surface area contributed by atoms with Crippen molar-refractivity contribution >= 4 is 46.2 Å². The number of methoxy groups -OCH3 is 3. The Morgan fingerprint density at radius 3 is 1.32 bits per heavy atom. The molecule has 10 heteroatoms. The van der Waals surface area contributed by atoms with Crippen LogP contribution in [-0.2, 0) is 4.79 Å². The number of thiocarbonyl (C=S) groups is 1. The molecule has 0 heterocycles. The first-order chi connectivity index (χ1) is 29.0. The second-order valence-corrected chi connectivity index (χ2v) is 19.1. The number of amides is 1. The summed E-state index contributed by atoms with van der Waals surface area (Å²) in [6.45, 7) is 6.52. The van der Waals surface area contributed by atoms with Crippen molar-refractivity contribution < 1.29 is 19.0 Å². The van der Waals surface area contributed by atoms with Gasteiger partial charge in [-0.2, -0.15) is 0 Å². The standard InChI is InChI=1S/C50H55N4O4PS/c1-50(2,3)47(48(55)54(4)46(37-19-13-9-14-20-37)38-21-15-10-16-22-38)53-49(60)52-45(36-17-11-8-12-18-36)35-51-59(42-29-23-39(56-5)24-30-42,43-31-25-40(57-6)26-32-43)44-33-27-41(58-7)28-34-44/h8-34,45-47H,35H2,1-7H3,(H2,52,53,60)/t45-,47+/m1/s1. The average molecular weight is 839 g/mol. The van der Waals surface area contributed by atoms with E-state index < -0.39 is 18.5 Å². The summed E-state index contributed by atoms with van der Waals surface area (Å²) in [5.41, 5.74) is 2.55. The summed E-state index contributed by atoms with van der Waals surface area (Å²) < 4.78 is 22.6. The van der Waals surface area contributed by atoms with E-state index in [1.807, 2.05) is 103 Å². The highest BCUT2D eigenvalue weighted by Crippen LogP contribution is 2.48. The third-order valence-corrected chi connectivity index (χ3v) is 14.6. The van der Waals surface area contributed by atoms with Gasteiger partial charge in [0.05, 0.1) is 47.0 Å². The maximum absolute atomic E-state index is 14.8. The van der Waals surface area contributed by atoms with Gasteiger partial charge in [0.25, 0.3) is 0 Å². The maximum atomic E-state index is 14.8. The predicted octanol–water partition coefficient (Wildman–Crippen LogP) is 9.06. The van der Waals surface area contributed by atoms with Gasteiger partial charge < -0.3 is 29.7 Å². The van der Waals surface area contributed by atoms with Crippen LogP contribution in [0.1, 0.15) is 49.5 Å². The van der Waals surface area contributed by atoms with Crippen molar-refractivity contribution in [3.8, 4) is 17.2 Å². The van der Waals surface area contributed by atoms with Gasteiger partial charge in [0.1, 0.15) is 23.3 Å². The number of ether oxygens (including phenoxy) is 3. The van der Waals surface area contributed by atoms with Gasteiger partial charge in [-0.05, 0) is 107 Å². The normalized spacial score (nSPS) is 12.5. The molecule has 0 saturated carbocycles. The third-order valence-electron chi connectivity index (χ3n) is 10.7. The van der Waals surface area contributed by atoms with Crippen molar-refractivity contribution in [2.24, 2.45) is 10.2 Å². The highest BCUT2D eigenvalue weighted by atomic mass is 32.1. The Hall–Kier alpha value is -5.89. The van der Waals surface area contributed by atoms with Gasteiger partial charge in [-0.15, -0.1) is 0 Å². The van der Waals surface area contributed by atoms with E-state index in [2.05, 4.69) is 104 Å². The summed E-state index contributed by atoms with van der Waals surface area (Å²) in [5, 5.41) is 10.6. The second-order valence-electron chi connectivity index (χ2n) is 15.6. The molecule has 0 bridgehead atoms. The van der Waals surface area contributed by atoms with Gasteiger partial charge >= 0.3 is 0 Å². The molecule has 0 aromatic heterocycles. The lowest BCUT2D eigenvalue weighted by molar-refractivity contribution is -0.135. The first kappa shape index (κ1) is 43.7. The molecule has 0 spiro atoms. The molecule has 0 radical (unpaired) electrons. The topological polar surface area (TPSA) is 84.4 Å². The molecule has 1 amide bonds. The number of nitrogens with zero attached hydrogens (tertiary/aromatic N) is 2. The Labute approximate surface area is 361 Å². The number of rotatable bonds is 15. The molecule has 8 nitrogen and oxygen atoms in total. The molecular weight excluding hydrogens is 784 g/mol. The summed E-state index contributed by atoms with van der Waals surface area (Å²) in [4.78, 5) is 16.6. The second kappa shape index (κ2) is 19.9. The summed E-state index contributed by atoms with van der Waals surface area (Å²) in [6.07, 6.45) is 0. The quantitative estimate of drug-likeness (QED) is 0.0789. The third kappa shape index (κ3) is 10.1. The Morgan fingerprint density at radius 2 is 0.967 bits per heavy atom. The summed E-state index contributed by atoms with van der Waals surface area (Å²) in [5.74, 6) is 2.20. The minimum Gasteiger partial charge on any atom is -0.497 e. The molecule has 0 aliphatic heterocycles. The van der Waals surface area contributed by atoms with Crippen molar-refractivity contribution in [1.29, 1.82) is 0 Å². The molecule has 2 N–H and O–H groups in total. The first-order valence-corrected chi connectivity index (χ1v) is 22.1. The van der Waals surface area contributed by atoms with Crippen LogP contribution in [0, 0.1) is 5.41 Å². The molecule has 6 rings (SSSR count). The van der Waals surface area contributed by atoms with Gasteiger partial charge in [-0.1, -0.05) is 112 Å². The molecule has 0 unspecified atom stereocenters. The molecule has 0 aliphatic carbocycles. The van der Waals surface area contributed by atoms with Crippen LogP contribution in [0.3, 0.4) is 0 Å². The zero-order chi connectivity index (χ0) is 42.7. The van der Waals surface area contributed by atoms with E-state index in [1.165, 1.54) is 0 Å². The Bertz CT molecular complexity index is 2190. The Morgan fingerprint density at radius 1 is 0.600 bits per heavy atom. The molecule has 0 aliphatic rings. The first-order valence-electron chi connectivity index (χ1n) is 20.0. The fraction of sp³-hybridized carbons (Fsp3) is 0.240. The largest absolute Gasteiger partial charge is 0.497 e. The molecular formula is C50H55N4O4PS. The van der Waals surface area contributed by atoms with Crippen LogP contribution in [-0.4, -0.2) is 56.9 Å². The van der Waals surface area contributed by atoms with Crippen LogP contribution in [0.5, 0.6) is 17.2 Å². The van der Waals surface area contributed by atoms with Crippen molar-refractivity contribution in [1.82, 2.24) is 15.5 Å². The van der Waals surface area contributed by atoms with Gasteiger partial charge in [-0.3, -0.25) is 9.54 Å². The van der Waals surface area contributed by atoms with E-state index in [-0.39, 0.29) is 18.0 Å². The van der Waals surface area contributed by atoms with Crippen molar-refractivity contribution in [3.05, 3.63) is 180 Å². The lowest BCUT2D eigenvalue weighted by Crippen LogP contribution is -2.57. The summed E-state index contributed by atoms with van der Waals surface area (Å²) >= 11 is 6.14. The Balaban J connectivity index is 1.40. The average Bonchev–Trinajstić information content (AvgIpc) is 3.29. The predicted molar refractivity (Wildman–Crippen MR) is 251 cm³/mol. The number of benzene rings is 6. The smallest absolute Gasteiger partial charge is 0.246 e. The van der Waals surface area contributed by atoms with Gasteiger partial charge in [-0.25, -0.2) is 0 Å². The molecule has 6 aromatic rings. The molecule has 6 aromatic carbocycles. The maximum Gasteiger partial charge on any atom is 0.246 e. The van der Waals surface area contributed by atoms with E-state index in [1.54, 1.807) is 21.3 Å².